The van der Waals surface area contributed by atoms with Crippen LogP contribution in [-0.4, -0.2) is 18.0 Å². The third-order valence-corrected chi connectivity index (χ3v) is 6.07. The molecule has 2 heterocycles. The zero-order chi connectivity index (χ0) is 23.2. The first-order valence-electron chi connectivity index (χ1n) is 10.4. The molecule has 168 valence electrons. The predicted octanol–water partition coefficient (Wildman–Crippen LogP) is 5.98. The number of carbonyl (C=O) groups excluding carboxylic acids is 1. The molecular formula is C26H24N2O4S. The highest BCUT2D eigenvalue weighted by Gasteiger charge is 2.15. The predicted molar refractivity (Wildman–Crippen MR) is 129 cm³/mol. The van der Waals surface area contributed by atoms with Gasteiger partial charge >= 0.3 is 0 Å². The molecule has 4 rings (SSSR count). The molecule has 4 aromatic rings. The summed E-state index contributed by atoms with van der Waals surface area (Å²) >= 11 is 1.27. The van der Waals surface area contributed by atoms with Gasteiger partial charge in [-0.2, -0.15) is 0 Å². The average molecular weight is 461 g/mol. The van der Waals surface area contributed by atoms with Gasteiger partial charge in [-0.1, -0.05) is 18.2 Å². The molecule has 0 aliphatic carbocycles. The number of ether oxygens (including phenoxy) is 2. The molecule has 0 saturated heterocycles. The summed E-state index contributed by atoms with van der Waals surface area (Å²) in [6.07, 6.45) is 1.69. The molecule has 0 radical (unpaired) electrons. The third-order valence-electron chi connectivity index (χ3n) is 5.11. The van der Waals surface area contributed by atoms with E-state index in [1.807, 2.05) is 74.5 Å². The maximum atomic E-state index is 12.5. The first kappa shape index (κ1) is 22.5. The minimum Gasteiger partial charge on any atom is -0.495 e. The van der Waals surface area contributed by atoms with E-state index >= 15 is 0 Å². The minimum atomic E-state index is -0.283. The number of hydrogen-bond acceptors (Lipinski definition) is 6. The van der Waals surface area contributed by atoms with Crippen LogP contribution in [0.15, 0.2) is 82.2 Å². The monoisotopic (exact) mass is 460 g/mol. The number of benzene rings is 2. The molecule has 0 atom stereocenters. The lowest BCUT2D eigenvalue weighted by Gasteiger charge is -2.07. The van der Waals surface area contributed by atoms with Gasteiger partial charge in [-0.25, -0.2) is 0 Å². The summed E-state index contributed by atoms with van der Waals surface area (Å²) in [5.41, 5.74) is 3.75. The van der Waals surface area contributed by atoms with Gasteiger partial charge in [-0.15, -0.1) is 0 Å². The molecule has 0 saturated carbocycles. The van der Waals surface area contributed by atoms with Gasteiger partial charge in [0, 0.05) is 16.0 Å². The zero-order valence-corrected chi connectivity index (χ0v) is 19.4. The Balaban J connectivity index is 1.35. The van der Waals surface area contributed by atoms with E-state index < -0.39 is 0 Å². The van der Waals surface area contributed by atoms with Crippen LogP contribution in [0.3, 0.4) is 0 Å². The largest absolute Gasteiger partial charge is 0.495 e. The van der Waals surface area contributed by atoms with Crippen molar-refractivity contribution in [2.75, 3.05) is 7.11 Å². The van der Waals surface area contributed by atoms with E-state index in [-0.39, 0.29) is 11.7 Å². The van der Waals surface area contributed by atoms with Crippen LogP contribution in [0.1, 0.15) is 27.4 Å². The van der Waals surface area contributed by atoms with Crippen molar-refractivity contribution < 1.29 is 18.7 Å². The molecule has 0 bridgehead atoms. The molecule has 0 aliphatic rings. The van der Waals surface area contributed by atoms with Crippen molar-refractivity contribution in [2.24, 2.45) is 0 Å². The quantitative estimate of drug-likeness (QED) is 0.326. The molecule has 0 aliphatic heterocycles. The number of furan rings is 1. The second-order valence-corrected chi connectivity index (χ2v) is 8.24. The highest BCUT2D eigenvalue weighted by molar-refractivity contribution is 7.98. The number of nitrogens with zero attached hydrogens (tertiary/aromatic N) is 1. The van der Waals surface area contributed by atoms with Crippen LogP contribution in [0.4, 0.5) is 0 Å². The van der Waals surface area contributed by atoms with E-state index in [1.54, 1.807) is 19.4 Å². The van der Waals surface area contributed by atoms with Crippen molar-refractivity contribution in [3.05, 3.63) is 95.6 Å². The Morgan fingerprint density at radius 2 is 1.79 bits per heavy atom. The Bertz CT molecular complexity index is 1230. The van der Waals surface area contributed by atoms with Crippen molar-refractivity contribution in [3.63, 3.8) is 0 Å². The lowest BCUT2D eigenvalue weighted by molar-refractivity contribution is 0.0956. The standard InChI is InChI=1S/C26H24N2O4S/c1-17-6-4-5-7-25(17)33-28-26(29)24-14-20(18(2)32-24)16-31-21-10-8-19(9-11-21)23-13-12-22(30-3)15-27-23/h4-15H,16H2,1-3H3,(H,28,29). The summed E-state index contributed by atoms with van der Waals surface area (Å²) in [5, 5.41) is 0. The molecule has 1 N–H and O–H groups in total. The summed E-state index contributed by atoms with van der Waals surface area (Å²) < 4.78 is 19.5. The van der Waals surface area contributed by atoms with Crippen LogP contribution in [-0.2, 0) is 6.61 Å². The molecule has 33 heavy (non-hydrogen) atoms. The van der Waals surface area contributed by atoms with Crippen molar-refractivity contribution in [2.45, 2.75) is 25.3 Å². The van der Waals surface area contributed by atoms with Gasteiger partial charge in [0.1, 0.15) is 23.9 Å². The molecule has 6 nitrogen and oxygen atoms in total. The number of pyridine rings is 1. The lowest BCUT2D eigenvalue weighted by atomic mass is 10.1. The molecule has 0 unspecified atom stereocenters. The molecule has 2 aromatic carbocycles. The fraction of sp³-hybridized carbons (Fsp3) is 0.154. The van der Waals surface area contributed by atoms with Gasteiger partial charge in [0.25, 0.3) is 5.91 Å². The normalized spacial score (nSPS) is 10.6. The Morgan fingerprint density at radius 3 is 2.48 bits per heavy atom. The van der Waals surface area contributed by atoms with Crippen LogP contribution < -0.4 is 14.2 Å². The van der Waals surface area contributed by atoms with Crippen LogP contribution in [0.25, 0.3) is 11.3 Å². The highest BCUT2D eigenvalue weighted by Crippen LogP contribution is 2.24. The number of hydrogen-bond donors (Lipinski definition) is 1. The van der Waals surface area contributed by atoms with Crippen LogP contribution in [0, 0.1) is 13.8 Å². The van der Waals surface area contributed by atoms with Crippen molar-refractivity contribution in [1.82, 2.24) is 9.71 Å². The Labute approximate surface area is 197 Å². The molecule has 7 heteroatoms. The number of methoxy groups -OCH3 is 1. The number of amides is 1. The molecule has 0 spiro atoms. The number of carbonyl (C=O) groups is 1. The third kappa shape index (κ3) is 5.56. The number of nitrogens with one attached hydrogen (secondary N) is 1. The number of aromatic nitrogens is 1. The zero-order valence-electron chi connectivity index (χ0n) is 18.6. The Kier molecular flexibility index (Phi) is 7.00. The smallest absolute Gasteiger partial charge is 0.297 e. The lowest BCUT2D eigenvalue weighted by Crippen LogP contribution is -2.15. The van der Waals surface area contributed by atoms with E-state index in [4.69, 9.17) is 13.9 Å². The van der Waals surface area contributed by atoms with Crippen LogP contribution in [0.5, 0.6) is 11.5 Å². The topological polar surface area (TPSA) is 73.6 Å². The summed E-state index contributed by atoms with van der Waals surface area (Å²) in [6.45, 7) is 4.12. The SMILES string of the molecule is COc1ccc(-c2ccc(OCc3cc(C(=O)NSc4ccccc4C)oc3C)cc2)nc1. The molecule has 2 aromatic heterocycles. The maximum Gasteiger partial charge on any atom is 0.297 e. The van der Waals surface area contributed by atoms with Crippen molar-refractivity contribution in [1.29, 1.82) is 0 Å². The summed E-state index contributed by atoms with van der Waals surface area (Å²) in [7, 11) is 1.62. The first-order valence-corrected chi connectivity index (χ1v) is 11.2. The average Bonchev–Trinajstić information content (AvgIpc) is 3.23. The first-order chi connectivity index (χ1) is 16.0. The van der Waals surface area contributed by atoms with E-state index in [9.17, 15) is 4.79 Å². The maximum absolute atomic E-state index is 12.5. The Hall–Kier alpha value is -3.71. The van der Waals surface area contributed by atoms with E-state index in [1.165, 1.54) is 11.9 Å². The van der Waals surface area contributed by atoms with E-state index in [0.29, 0.717) is 18.1 Å². The van der Waals surface area contributed by atoms with E-state index in [2.05, 4.69) is 9.71 Å². The molecular weight excluding hydrogens is 436 g/mol. The Morgan fingerprint density at radius 1 is 1.03 bits per heavy atom. The fourth-order valence-corrected chi connectivity index (χ4v) is 3.83. The summed E-state index contributed by atoms with van der Waals surface area (Å²) in [5.74, 6) is 2.06. The number of rotatable bonds is 8. The van der Waals surface area contributed by atoms with Gasteiger partial charge in [0.05, 0.1) is 19.0 Å². The van der Waals surface area contributed by atoms with Gasteiger partial charge in [-0.05, 0) is 79.9 Å². The number of aryl methyl sites for hydroxylation is 2. The van der Waals surface area contributed by atoms with Crippen LogP contribution in [0.2, 0.25) is 0 Å². The second kappa shape index (κ2) is 10.3. The van der Waals surface area contributed by atoms with Gasteiger partial charge in [-0.3, -0.25) is 14.5 Å². The minimum absolute atomic E-state index is 0.258. The van der Waals surface area contributed by atoms with Crippen LogP contribution >= 0.6 is 11.9 Å². The van der Waals surface area contributed by atoms with Crippen molar-refractivity contribution >= 4 is 17.9 Å². The summed E-state index contributed by atoms with van der Waals surface area (Å²) in [6, 6.07) is 21.1. The second-order valence-electron chi connectivity index (χ2n) is 7.39. The van der Waals surface area contributed by atoms with Gasteiger partial charge < -0.3 is 13.9 Å². The summed E-state index contributed by atoms with van der Waals surface area (Å²) in [4.78, 5) is 17.9. The van der Waals surface area contributed by atoms with Gasteiger partial charge in [0.2, 0.25) is 0 Å². The highest BCUT2D eigenvalue weighted by atomic mass is 32.2. The molecule has 0 fully saturated rings. The van der Waals surface area contributed by atoms with Crippen molar-refractivity contribution in [3.8, 4) is 22.8 Å². The van der Waals surface area contributed by atoms with E-state index in [0.717, 1.165) is 33.0 Å². The van der Waals surface area contributed by atoms with Gasteiger partial charge in [0.15, 0.2) is 5.76 Å². The fourth-order valence-electron chi connectivity index (χ4n) is 3.15. The molecule has 1 amide bonds.